The molecule has 0 bridgehead atoms. The van der Waals surface area contributed by atoms with Gasteiger partial charge in [-0.3, -0.25) is 9.59 Å². The topological polar surface area (TPSA) is 61.2 Å². The molecule has 0 saturated carbocycles. The fourth-order valence-electron chi connectivity index (χ4n) is 2.28. The molecule has 1 aromatic carbocycles. The summed E-state index contributed by atoms with van der Waals surface area (Å²) in [6.45, 7) is 2.38. The van der Waals surface area contributed by atoms with Crippen molar-refractivity contribution in [1.82, 2.24) is 9.55 Å². The maximum atomic E-state index is 11.6. The highest BCUT2D eigenvalue weighted by Crippen LogP contribution is 2.12. The van der Waals surface area contributed by atoms with Crippen LogP contribution in [-0.4, -0.2) is 27.9 Å². The van der Waals surface area contributed by atoms with Crippen LogP contribution in [0.25, 0.3) is 0 Å². The molecule has 1 heterocycles. The Morgan fingerprint density at radius 1 is 1.27 bits per heavy atom. The third-order valence-electron chi connectivity index (χ3n) is 3.27. The highest BCUT2D eigenvalue weighted by Gasteiger charge is 2.14. The molecular formula is C17H20N2O3. The largest absolute Gasteiger partial charge is 0.465 e. The molecule has 1 aromatic heterocycles. The van der Waals surface area contributed by atoms with Gasteiger partial charge in [0.2, 0.25) is 0 Å². The first-order chi connectivity index (χ1) is 10.6. The fourth-order valence-corrected chi connectivity index (χ4v) is 2.28. The number of carbonyl (C=O) groups excluding carboxylic acids is 2. The number of carbonyl (C=O) groups is 2. The summed E-state index contributed by atoms with van der Waals surface area (Å²) in [7, 11) is 0. The average molecular weight is 300 g/mol. The van der Waals surface area contributed by atoms with E-state index >= 15 is 0 Å². The van der Waals surface area contributed by atoms with Crippen LogP contribution < -0.4 is 0 Å². The molecule has 0 spiro atoms. The molecule has 0 amide bonds. The van der Waals surface area contributed by atoms with Gasteiger partial charge in [-0.15, -0.1) is 0 Å². The van der Waals surface area contributed by atoms with Gasteiger partial charge in [-0.2, -0.15) is 0 Å². The molecule has 1 unspecified atom stereocenters. The van der Waals surface area contributed by atoms with Gasteiger partial charge < -0.3 is 9.30 Å². The zero-order chi connectivity index (χ0) is 15.8. The summed E-state index contributed by atoms with van der Waals surface area (Å²) < 4.78 is 7.21. The number of aromatic nitrogens is 2. The standard InChI is InChI=1S/C17H20N2O3/c1-14(20)9-17(21)22-12-16(11-19-8-7-18-13-19)10-15-5-3-2-4-6-15/h2-8,13,16H,9-12H2,1H3. The quantitative estimate of drug-likeness (QED) is 0.554. The molecule has 0 saturated heterocycles. The Kier molecular flexibility index (Phi) is 5.89. The van der Waals surface area contributed by atoms with Crippen molar-refractivity contribution in [2.24, 2.45) is 5.92 Å². The summed E-state index contributed by atoms with van der Waals surface area (Å²) in [5.41, 5.74) is 1.19. The van der Waals surface area contributed by atoms with Crippen LogP contribution in [0.1, 0.15) is 18.9 Å². The van der Waals surface area contributed by atoms with Crippen molar-refractivity contribution >= 4 is 11.8 Å². The predicted octanol–water partition coefficient (Wildman–Crippen LogP) is 2.26. The Balaban J connectivity index is 1.95. The zero-order valence-corrected chi connectivity index (χ0v) is 12.6. The van der Waals surface area contributed by atoms with Crippen LogP contribution in [0.3, 0.4) is 0 Å². The van der Waals surface area contributed by atoms with Crippen LogP contribution in [0.4, 0.5) is 0 Å². The van der Waals surface area contributed by atoms with Crippen LogP contribution >= 0.6 is 0 Å². The summed E-state index contributed by atoms with van der Waals surface area (Å²) in [5.74, 6) is -0.511. The fraction of sp³-hybridized carbons (Fsp3) is 0.353. The van der Waals surface area contributed by atoms with Crippen LogP contribution in [0.15, 0.2) is 49.1 Å². The van der Waals surface area contributed by atoms with Crippen molar-refractivity contribution in [1.29, 1.82) is 0 Å². The normalized spacial score (nSPS) is 11.9. The minimum Gasteiger partial charge on any atom is -0.465 e. The predicted molar refractivity (Wildman–Crippen MR) is 82.1 cm³/mol. The van der Waals surface area contributed by atoms with Crippen LogP contribution in [-0.2, 0) is 27.3 Å². The number of ketones is 1. The van der Waals surface area contributed by atoms with Crippen molar-refractivity contribution < 1.29 is 14.3 Å². The molecule has 0 fully saturated rings. The average Bonchev–Trinajstić information content (AvgIpc) is 2.98. The SMILES string of the molecule is CC(=O)CC(=O)OCC(Cc1ccccc1)Cn1ccnc1. The van der Waals surface area contributed by atoms with Gasteiger partial charge in [0.25, 0.3) is 0 Å². The Morgan fingerprint density at radius 2 is 2.05 bits per heavy atom. The molecule has 1 atom stereocenters. The van der Waals surface area contributed by atoms with E-state index in [-0.39, 0.29) is 18.1 Å². The minimum atomic E-state index is -0.462. The monoisotopic (exact) mass is 300 g/mol. The molecule has 0 N–H and O–H groups in total. The molecule has 5 heteroatoms. The number of benzene rings is 1. The number of ether oxygens (including phenoxy) is 1. The van der Waals surface area contributed by atoms with Crippen LogP contribution in [0, 0.1) is 5.92 Å². The maximum Gasteiger partial charge on any atom is 0.313 e. The lowest BCUT2D eigenvalue weighted by atomic mass is 10.00. The Bertz CT molecular complexity index is 594. The Labute approximate surface area is 129 Å². The van der Waals surface area contributed by atoms with Crippen molar-refractivity contribution in [2.45, 2.75) is 26.3 Å². The molecule has 0 radical (unpaired) electrons. The van der Waals surface area contributed by atoms with E-state index in [1.807, 2.05) is 29.0 Å². The van der Waals surface area contributed by atoms with Gasteiger partial charge in [0.05, 0.1) is 12.9 Å². The molecule has 2 aromatic rings. The van der Waals surface area contributed by atoms with Gasteiger partial charge in [-0.25, -0.2) is 4.98 Å². The van der Waals surface area contributed by atoms with E-state index in [2.05, 4.69) is 17.1 Å². The first kappa shape index (κ1) is 15.9. The van der Waals surface area contributed by atoms with Gasteiger partial charge in [-0.05, 0) is 18.9 Å². The summed E-state index contributed by atoms with van der Waals surface area (Å²) in [4.78, 5) is 26.5. The van der Waals surface area contributed by atoms with E-state index in [9.17, 15) is 9.59 Å². The lowest BCUT2D eigenvalue weighted by molar-refractivity contribution is -0.147. The number of hydrogen-bond acceptors (Lipinski definition) is 4. The van der Waals surface area contributed by atoms with Crippen LogP contribution in [0.2, 0.25) is 0 Å². The van der Waals surface area contributed by atoms with Crippen LogP contribution in [0.5, 0.6) is 0 Å². The third-order valence-corrected chi connectivity index (χ3v) is 3.27. The number of esters is 1. The molecule has 0 aliphatic heterocycles. The highest BCUT2D eigenvalue weighted by atomic mass is 16.5. The van der Waals surface area contributed by atoms with Gasteiger partial charge in [0, 0.05) is 24.9 Å². The minimum absolute atomic E-state index is 0.132. The smallest absolute Gasteiger partial charge is 0.313 e. The van der Waals surface area contributed by atoms with Crippen molar-refractivity contribution in [3.8, 4) is 0 Å². The van der Waals surface area contributed by atoms with Crippen molar-refractivity contribution in [3.63, 3.8) is 0 Å². The number of nitrogens with zero attached hydrogens (tertiary/aromatic N) is 2. The third kappa shape index (κ3) is 5.52. The molecule has 0 aliphatic rings. The van der Waals surface area contributed by atoms with E-state index < -0.39 is 5.97 Å². The van der Waals surface area contributed by atoms with E-state index in [0.717, 1.165) is 6.42 Å². The molecule has 116 valence electrons. The van der Waals surface area contributed by atoms with Crippen molar-refractivity contribution in [2.75, 3.05) is 6.61 Å². The number of rotatable bonds is 8. The molecule has 2 rings (SSSR count). The lowest BCUT2D eigenvalue weighted by Crippen LogP contribution is -2.21. The summed E-state index contributed by atoms with van der Waals surface area (Å²) >= 11 is 0. The first-order valence-electron chi connectivity index (χ1n) is 7.28. The summed E-state index contributed by atoms with van der Waals surface area (Å²) in [6.07, 6.45) is 5.99. The van der Waals surface area contributed by atoms with Gasteiger partial charge >= 0.3 is 5.97 Å². The van der Waals surface area contributed by atoms with Crippen molar-refractivity contribution in [3.05, 3.63) is 54.6 Å². The van der Waals surface area contributed by atoms with E-state index in [0.29, 0.717) is 13.2 Å². The molecule has 22 heavy (non-hydrogen) atoms. The van der Waals surface area contributed by atoms with Gasteiger partial charge in [0.1, 0.15) is 12.2 Å². The molecular weight excluding hydrogens is 280 g/mol. The molecule has 5 nitrogen and oxygen atoms in total. The number of imidazole rings is 1. The lowest BCUT2D eigenvalue weighted by Gasteiger charge is -2.17. The zero-order valence-electron chi connectivity index (χ0n) is 12.6. The summed E-state index contributed by atoms with van der Waals surface area (Å²) in [6, 6.07) is 10.1. The summed E-state index contributed by atoms with van der Waals surface area (Å²) in [5, 5.41) is 0. The highest BCUT2D eigenvalue weighted by molar-refractivity contribution is 5.94. The Morgan fingerprint density at radius 3 is 2.68 bits per heavy atom. The van der Waals surface area contributed by atoms with E-state index in [1.54, 1.807) is 12.5 Å². The second-order valence-corrected chi connectivity index (χ2v) is 5.38. The maximum absolute atomic E-state index is 11.6. The first-order valence-corrected chi connectivity index (χ1v) is 7.28. The van der Waals surface area contributed by atoms with Gasteiger partial charge in [-0.1, -0.05) is 30.3 Å². The van der Waals surface area contributed by atoms with E-state index in [4.69, 9.17) is 4.74 Å². The second-order valence-electron chi connectivity index (χ2n) is 5.38. The number of hydrogen-bond donors (Lipinski definition) is 0. The second kappa shape index (κ2) is 8.12. The van der Waals surface area contributed by atoms with Gasteiger partial charge in [0.15, 0.2) is 0 Å². The number of Topliss-reactive ketones (excluding diaryl/α,β-unsaturated/α-hetero) is 1. The van der Waals surface area contributed by atoms with E-state index in [1.165, 1.54) is 12.5 Å². The Hall–Kier alpha value is -2.43. The molecule has 0 aliphatic carbocycles.